The molecule has 3 heterocycles. The summed E-state index contributed by atoms with van der Waals surface area (Å²) in [6.07, 6.45) is 0.970. The van der Waals surface area contributed by atoms with Crippen molar-refractivity contribution in [2.24, 2.45) is 5.73 Å². The average molecular weight is 678 g/mol. The number of piperazine rings is 1. The van der Waals surface area contributed by atoms with Crippen molar-refractivity contribution in [3.05, 3.63) is 63.8 Å². The molecule has 0 saturated carbocycles. The summed E-state index contributed by atoms with van der Waals surface area (Å²) in [6.45, 7) is 3.62. The number of rotatable bonds is 6. The van der Waals surface area contributed by atoms with Crippen LogP contribution in [0.25, 0.3) is 10.9 Å². The number of nitrogens with zero attached hydrogens (tertiary/aromatic N) is 4. The van der Waals surface area contributed by atoms with Gasteiger partial charge in [-0.3, -0.25) is 10.2 Å². The Morgan fingerprint density at radius 1 is 1.05 bits per heavy atom. The lowest BCUT2D eigenvalue weighted by atomic mass is 10.2. The minimum absolute atomic E-state index is 0. The summed E-state index contributed by atoms with van der Waals surface area (Å²) in [5, 5.41) is 8.73. The van der Waals surface area contributed by atoms with E-state index in [9.17, 15) is 13.2 Å². The van der Waals surface area contributed by atoms with Gasteiger partial charge in [-0.25, -0.2) is 13.4 Å². The van der Waals surface area contributed by atoms with Crippen molar-refractivity contribution in [1.82, 2.24) is 19.1 Å². The fourth-order valence-electron chi connectivity index (χ4n) is 5.17. The summed E-state index contributed by atoms with van der Waals surface area (Å²) in [6, 6.07) is 11.5. The van der Waals surface area contributed by atoms with E-state index in [0.717, 1.165) is 11.1 Å². The van der Waals surface area contributed by atoms with Crippen LogP contribution in [0.4, 0.5) is 0 Å². The number of nitrogens with two attached hydrogens (primary N) is 1. The molecule has 15 heteroatoms. The highest BCUT2D eigenvalue weighted by atomic mass is 35.5. The van der Waals surface area contributed by atoms with Gasteiger partial charge in [-0.05, 0) is 44.0 Å². The first-order chi connectivity index (χ1) is 19.1. The Morgan fingerprint density at radius 2 is 1.74 bits per heavy atom. The number of hydrogen-bond donors (Lipinski definition) is 2. The van der Waals surface area contributed by atoms with Crippen molar-refractivity contribution >= 4 is 80.8 Å². The number of halogens is 4. The first kappa shape index (κ1) is 34.0. The van der Waals surface area contributed by atoms with Gasteiger partial charge in [0.2, 0.25) is 15.9 Å². The maximum atomic E-state index is 13.9. The van der Waals surface area contributed by atoms with Crippen molar-refractivity contribution in [2.45, 2.75) is 37.3 Å². The SMILES string of the molecule is Cc1ccc2cccc(OCc3c(Cl)ccc(S(=O)(=O)N4CCC[C@H]4C(=O)N4CCN(C(=N)N)CC4)c3Cl)c2n1.Cl.Cl. The largest absolute Gasteiger partial charge is 0.487 e. The second-order valence-electron chi connectivity index (χ2n) is 9.88. The van der Waals surface area contributed by atoms with E-state index in [2.05, 4.69) is 4.98 Å². The van der Waals surface area contributed by atoms with E-state index in [1.54, 1.807) is 15.9 Å². The lowest BCUT2D eigenvalue weighted by molar-refractivity contribution is -0.135. The van der Waals surface area contributed by atoms with E-state index < -0.39 is 16.1 Å². The van der Waals surface area contributed by atoms with Crippen molar-refractivity contribution in [2.75, 3.05) is 32.7 Å². The monoisotopic (exact) mass is 676 g/mol. The van der Waals surface area contributed by atoms with Crippen LogP contribution in [-0.2, 0) is 21.4 Å². The second kappa shape index (κ2) is 13.8. The average Bonchev–Trinajstić information content (AvgIpc) is 3.44. The van der Waals surface area contributed by atoms with E-state index in [4.69, 9.17) is 39.1 Å². The number of pyridine rings is 1. The molecule has 0 aliphatic carbocycles. The number of hydrogen-bond acceptors (Lipinski definition) is 6. The number of carbonyl (C=O) groups excluding carboxylic acids is 1. The maximum absolute atomic E-state index is 13.9. The summed E-state index contributed by atoms with van der Waals surface area (Å²) in [5.74, 6) is 0.231. The number of carbonyl (C=O) groups is 1. The highest BCUT2D eigenvalue weighted by Crippen LogP contribution is 2.36. The van der Waals surface area contributed by atoms with Crippen molar-refractivity contribution < 1.29 is 17.9 Å². The molecule has 2 fully saturated rings. The quantitative estimate of drug-likeness (QED) is 0.291. The fourth-order valence-corrected chi connectivity index (χ4v) is 7.69. The number of nitrogens with one attached hydrogen (secondary N) is 1. The molecule has 2 aliphatic heterocycles. The molecule has 3 aromatic rings. The summed E-state index contributed by atoms with van der Waals surface area (Å²) in [7, 11) is -4.13. The molecular formula is C27H32Cl4N6O4S. The number of amides is 1. The molecule has 3 N–H and O–H groups in total. The Labute approximate surface area is 267 Å². The highest BCUT2D eigenvalue weighted by Gasteiger charge is 2.42. The van der Waals surface area contributed by atoms with Crippen LogP contribution < -0.4 is 10.5 Å². The van der Waals surface area contributed by atoms with Crippen LogP contribution in [0.3, 0.4) is 0 Å². The molecule has 1 atom stereocenters. The molecule has 10 nitrogen and oxygen atoms in total. The van der Waals surface area contributed by atoms with E-state index in [-0.39, 0.29) is 64.8 Å². The van der Waals surface area contributed by atoms with Crippen LogP contribution in [0, 0.1) is 12.3 Å². The van der Waals surface area contributed by atoms with Gasteiger partial charge in [0, 0.05) is 54.4 Å². The first-order valence-corrected chi connectivity index (χ1v) is 15.1. The smallest absolute Gasteiger partial charge is 0.245 e. The molecule has 5 rings (SSSR count). The number of benzene rings is 2. The molecule has 1 amide bonds. The molecule has 0 unspecified atom stereocenters. The molecule has 42 heavy (non-hydrogen) atoms. The van der Waals surface area contributed by atoms with Gasteiger partial charge in [0.25, 0.3) is 0 Å². The Bertz CT molecular complexity index is 1580. The Hall–Kier alpha value is -2.54. The van der Waals surface area contributed by atoms with Crippen molar-refractivity contribution in [1.29, 1.82) is 5.41 Å². The number of ether oxygens (including phenoxy) is 1. The lowest BCUT2D eigenvalue weighted by Crippen LogP contribution is -2.56. The third-order valence-corrected chi connectivity index (χ3v) is 10.2. The number of para-hydroxylation sites is 1. The molecule has 0 radical (unpaired) electrons. The van der Waals surface area contributed by atoms with Crippen molar-refractivity contribution in [3.63, 3.8) is 0 Å². The second-order valence-corrected chi connectivity index (χ2v) is 12.5. The van der Waals surface area contributed by atoms with Gasteiger partial charge >= 0.3 is 0 Å². The van der Waals surface area contributed by atoms with Gasteiger partial charge < -0.3 is 20.3 Å². The van der Waals surface area contributed by atoms with Gasteiger partial charge in [0.05, 0.1) is 5.02 Å². The van der Waals surface area contributed by atoms with Gasteiger partial charge in [-0.1, -0.05) is 41.4 Å². The predicted molar refractivity (Wildman–Crippen MR) is 169 cm³/mol. The topological polar surface area (TPSA) is 133 Å². The predicted octanol–water partition coefficient (Wildman–Crippen LogP) is 4.46. The van der Waals surface area contributed by atoms with Gasteiger partial charge in [0.1, 0.15) is 28.8 Å². The van der Waals surface area contributed by atoms with Crippen LogP contribution in [-0.4, -0.2) is 78.1 Å². The van der Waals surface area contributed by atoms with E-state index in [1.165, 1.54) is 16.4 Å². The standard InChI is InChI=1S/C27H30Cl2N6O4S.2ClH/c1-17-7-8-18-4-2-6-22(25(18)32-17)39-16-19-20(28)9-10-23(24(19)29)40(37,38)35-11-3-5-21(35)26(36)33-12-14-34(15-13-33)27(30)31;;/h2,4,6-10,21H,3,5,11-16H2,1H3,(H3,30,31);2*1H/t21-;;/m0../s1. The van der Waals surface area contributed by atoms with Crippen LogP contribution in [0.1, 0.15) is 24.1 Å². The minimum Gasteiger partial charge on any atom is -0.487 e. The van der Waals surface area contributed by atoms with Crippen molar-refractivity contribution in [3.8, 4) is 5.75 Å². The number of guanidine groups is 1. The summed E-state index contributed by atoms with van der Waals surface area (Å²) in [5.41, 5.74) is 7.41. The zero-order valence-electron chi connectivity index (χ0n) is 22.8. The normalized spacial score (nSPS) is 17.5. The molecule has 0 bridgehead atoms. The highest BCUT2D eigenvalue weighted by molar-refractivity contribution is 7.89. The summed E-state index contributed by atoms with van der Waals surface area (Å²) in [4.78, 5) is 21.2. The maximum Gasteiger partial charge on any atom is 0.245 e. The molecule has 2 saturated heterocycles. The van der Waals surface area contributed by atoms with Gasteiger partial charge in [0.15, 0.2) is 5.96 Å². The zero-order chi connectivity index (χ0) is 28.6. The van der Waals surface area contributed by atoms with E-state index in [1.807, 2.05) is 31.2 Å². The van der Waals surface area contributed by atoms with Crippen LogP contribution in [0.2, 0.25) is 10.0 Å². The lowest BCUT2D eigenvalue weighted by Gasteiger charge is -2.37. The van der Waals surface area contributed by atoms with Gasteiger partial charge in [-0.15, -0.1) is 24.8 Å². The zero-order valence-corrected chi connectivity index (χ0v) is 26.7. The van der Waals surface area contributed by atoms with Crippen LogP contribution in [0.5, 0.6) is 5.75 Å². The molecule has 2 aliphatic rings. The first-order valence-electron chi connectivity index (χ1n) is 12.9. The fraction of sp³-hybridized carbons (Fsp3) is 0.370. The minimum atomic E-state index is -4.13. The summed E-state index contributed by atoms with van der Waals surface area (Å²) >= 11 is 13.1. The number of sulfonamides is 1. The Morgan fingerprint density at radius 3 is 2.43 bits per heavy atom. The molecule has 2 aromatic carbocycles. The van der Waals surface area contributed by atoms with Crippen LogP contribution >= 0.6 is 48.0 Å². The number of fused-ring (bicyclic) bond motifs is 1. The Balaban J connectivity index is 0.00000242. The number of aromatic nitrogens is 1. The van der Waals surface area contributed by atoms with E-state index in [0.29, 0.717) is 55.9 Å². The Kier molecular flexibility index (Phi) is 11.2. The van der Waals surface area contributed by atoms with E-state index >= 15 is 0 Å². The number of aryl methyl sites for hydroxylation is 1. The van der Waals surface area contributed by atoms with Crippen LogP contribution in [0.15, 0.2) is 47.4 Å². The third kappa shape index (κ3) is 6.66. The molecule has 228 valence electrons. The van der Waals surface area contributed by atoms with Gasteiger partial charge in [-0.2, -0.15) is 4.31 Å². The molecule has 0 spiro atoms. The molecular weight excluding hydrogens is 646 g/mol. The summed E-state index contributed by atoms with van der Waals surface area (Å²) < 4.78 is 35.0. The molecule has 1 aromatic heterocycles. The third-order valence-electron chi connectivity index (χ3n) is 7.35.